The second-order valence-corrected chi connectivity index (χ2v) is 5.45. The van der Waals surface area contributed by atoms with Crippen molar-refractivity contribution in [3.8, 4) is 11.1 Å². The summed E-state index contributed by atoms with van der Waals surface area (Å²) in [5.41, 5.74) is 4.30. The fourth-order valence-electron chi connectivity index (χ4n) is 2.74. The standard InChI is InChI=1S/C18H10BClO/c19-16-10-11(20)8-9-12(16)14-5-3-6-15-13-4-1-2-7-17(13)21-18(14)15/h1-10H. The van der Waals surface area contributed by atoms with Gasteiger partial charge in [0.15, 0.2) is 0 Å². The van der Waals surface area contributed by atoms with Gasteiger partial charge < -0.3 is 4.42 Å². The van der Waals surface area contributed by atoms with Crippen LogP contribution in [-0.2, 0) is 0 Å². The molecule has 1 aromatic heterocycles. The van der Waals surface area contributed by atoms with Gasteiger partial charge in [-0.15, -0.1) is 0 Å². The highest BCUT2D eigenvalue weighted by Gasteiger charge is 2.12. The van der Waals surface area contributed by atoms with E-state index in [4.69, 9.17) is 23.9 Å². The quantitative estimate of drug-likeness (QED) is 0.463. The molecule has 4 rings (SSSR count). The molecule has 0 unspecified atom stereocenters. The molecule has 98 valence electrons. The van der Waals surface area contributed by atoms with Crippen molar-refractivity contribution < 1.29 is 4.42 Å². The zero-order valence-electron chi connectivity index (χ0n) is 11.1. The highest BCUT2D eigenvalue weighted by Crippen LogP contribution is 2.35. The second kappa shape index (κ2) is 4.68. The number of furan rings is 1. The van der Waals surface area contributed by atoms with Gasteiger partial charge in [0.25, 0.3) is 0 Å². The topological polar surface area (TPSA) is 13.1 Å². The Morgan fingerprint density at radius 2 is 1.62 bits per heavy atom. The van der Waals surface area contributed by atoms with E-state index in [0.29, 0.717) is 10.5 Å². The maximum Gasteiger partial charge on any atom is 0.143 e. The Hall–Kier alpha value is -2.19. The van der Waals surface area contributed by atoms with Crippen LogP contribution in [0.4, 0.5) is 0 Å². The molecule has 4 aromatic rings. The number of benzene rings is 3. The SMILES string of the molecule is [B]c1cc(Cl)ccc1-c1cccc2c1oc1ccccc12. The van der Waals surface area contributed by atoms with E-state index >= 15 is 0 Å². The number of para-hydroxylation sites is 2. The van der Waals surface area contributed by atoms with Crippen LogP contribution in [-0.4, -0.2) is 7.85 Å². The molecule has 1 nitrogen and oxygen atoms in total. The van der Waals surface area contributed by atoms with Gasteiger partial charge in [-0.2, -0.15) is 0 Å². The minimum absolute atomic E-state index is 0.632. The summed E-state index contributed by atoms with van der Waals surface area (Å²) >= 11 is 5.98. The van der Waals surface area contributed by atoms with Gasteiger partial charge in [-0.25, -0.2) is 0 Å². The van der Waals surface area contributed by atoms with Crippen molar-refractivity contribution >= 4 is 46.8 Å². The lowest BCUT2D eigenvalue weighted by molar-refractivity contribution is 0.670. The lowest BCUT2D eigenvalue weighted by Gasteiger charge is -2.07. The van der Waals surface area contributed by atoms with Crippen LogP contribution in [0.3, 0.4) is 0 Å². The first kappa shape index (κ1) is 12.5. The summed E-state index contributed by atoms with van der Waals surface area (Å²) in [4.78, 5) is 0. The molecule has 0 aliphatic heterocycles. The summed E-state index contributed by atoms with van der Waals surface area (Å²) in [6.07, 6.45) is 0. The van der Waals surface area contributed by atoms with Crippen LogP contribution in [0.25, 0.3) is 33.1 Å². The van der Waals surface area contributed by atoms with Gasteiger partial charge in [0.05, 0.1) is 0 Å². The van der Waals surface area contributed by atoms with Gasteiger partial charge in [0.2, 0.25) is 0 Å². The van der Waals surface area contributed by atoms with Gasteiger partial charge in [-0.3, -0.25) is 0 Å². The number of hydrogen-bond donors (Lipinski definition) is 0. The Bertz CT molecular complexity index is 971. The van der Waals surface area contributed by atoms with E-state index in [1.54, 1.807) is 6.07 Å². The summed E-state index contributed by atoms with van der Waals surface area (Å²) in [5.74, 6) is 0. The Balaban J connectivity index is 2.09. The van der Waals surface area contributed by atoms with Crippen molar-refractivity contribution in [3.05, 3.63) is 65.7 Å². The number of fused-ring (bicyclic) bond motifs is 3. The van der Waals surface area contributed by atoms with E-state index in [-0.39, 0.29) is 0 Å². The summed E-state index contributed by atoms with van der Waals surface area (Å²) in [5, 5.41) is 2.84. The summed E-state index contributed by atoms with van der Waals surface area (Å²) in [7, 11) is 6.11. The minimum atomic E-state index is 0.632. The first-order valence-electron chi connectivity index (χ1n) is 6.70. The van der Waals surface area contributed by atoms with Crippen LogP contribution in [0, 0.1) is 0 Å². The van der Waals surface area contributed by atoms with Crippen molar-refractivity contribution in [1.29, 1.82) is 0 Å². The molecule has 0 fully saturated rings. The van der Waals surface area contributed by atoms with Crippen LogP contribution in [0.2, 0.25) is 5.02 Å². The van der Waals surface area contributed by atoms with E-state index in [0.717, 1.165) is 33.1 Å². The molecule has 3 heteroatoms. The highest BCUT2D eigenvalue weighted by atomic mass is 35.5. The predicted octanol–water partition coefficient (Wildman–Crippen LogP) is 4.70. The number of halogens is 1. The molecule has 0 saturated heterocycles. The third-order valence-electron chi connectivity index (χ3n) is 3.71. The Kier molecular flexibility index (Phi) is 2.79. The third kappa shape index (κ3) is 1.95. The Morgan fingerprint density at radius 1 is 0.810 bits per heavy atom. The van der Waals surface area contributed by atoms with Crippen LogP contribution >= 0.6 is 11.6 Å². The van der Waals surface area contributed by atoms with E-state index in [1.807, 2.05) is 42.5 Å². The van der Waals surface area contributed by atoms with E-state index in [2.05, 4.69) is 12.1 Å². The average Bonchev–Trinajstić information content (AvgIpc) is 2.86. The van der Waals surface area contributed by atoms with Crippen molar-refractivity contribution in [1.82, 2.24) is 0 Å². The molecule has 1 heterocycles. The molecule has 3 aromatic carbocycles. The number of hydrogen-bond acceptors (Lipinski definition) is 1. The smallest absolute Gasteiger partial charge is 0.143 e. The molecular weight excluding hydrogens is 278 g/mol. The summed E-state index contributed by atoms with van der Waals surface area (Å²) in [6, 6.07) is 19.7. The predicted molar refractivity (Wildman–Crippen MR) is 89.6 cm³/mol. The monoisotopic (exact) mass is 288 g/mol. The fourth-order valence-corrected chi connectivity index (χ4v) is 2.92. The summed E-state index contributed by atoms with van der Waals surface area (Å²) < 4.78 is 6.03. The van der Waals surface area contributed by atoms with Crippen molar-refractivity contribution in [2.75, 3.05) is 0 Å². The minimum Gasteiger partial charge on any atom is -0.455 e. The van der Waals surface area contributed by atoms with E-state index in [1.165, 1.54) is 0 Å². The fraction of sp³-hybridized carbons (Fsp3) is 0. The van der Waals surface area contributed by atoms with Gasteiger partial charge >= 0.3 is 0 Å². The Morgan fingerprint density at radius 3 is 2.48 bits per heavy atom. The van der Waals surface area contributed by atoms with Crippen LogP contribution in [0.15, 0.2) is 65.1 Å². The van der Waals surface area contributed by atoms with Gasteiger partial charge in [0, 0.05) is 21.4 Å². The zero-order valence-corrected chi connectivity index (χ0v) is 11.9. The molecular formula is C18H10BClO. The largest absolute Gasteiger partial charge is 0.455 e. The van der Waals surface area contributed by atoms with Gasteiger partial charge in [0.1, 0.15) is 19.0 Å². The average molecular weight is 289 g/mol. The first-order valence-corrected chi connectivity index (χ1v) is 7.07. The normalized spacial score (nSPS) is 11.3. The number of rotatable bonds is 1. The maximum atomic E-state index is 6.11. The van der Waals surface area contributed by atoms with Crippen molar-refractivity contribution in [2.24, 2.45) is 0 Å². The van der Waals surface area contributed by atoms with Gasteiger partial charge in [-0.05, 0) is 23.8 Å². The molecule has 0 amide bonds. The Labute approximate surface area is 128 Å². The molecule has 0 atom stereocenters. The van der Waals surface area contributed by atoms with Gasteiger partial charge in [-0.1, -0.05) is 59.5 Å². The maximum absolute atomic E-state index is 6.11. The first-order chi connectivity index (χ1) is 10.2. The molecule has 0 N–H and O–H groups in total. The van der Waals surface area contributed by atoms with Crippen molar-refractivity contribution in [3.63, 3.8) is 0 Å². The lowest BCUT2D eigenvalue weighted by Crippen LogP contribution is -2.06. The molecule has 21 heavy (non-hydrogen) atoms. The van der Waals surface area contributed by atoms with Crippen LogP contribution in [0.1, 0.15) is 0 Å². The van der Waals surface area contributed by atoms with Crippen molar-refractivity contribution in [2.45, 2.75) is 0 Å². The third-order valence-corrected chi connectivity index (χ3v) is 3.94. The van der Waals surface area contributed by atoms with E-state index < -0.39 is 0 Å². The van der Waals surface area contributed by atoms with Crippen LogP contribution in [0.5, 0.6) is 0 Å². The molecule has 0 aliphatic rings. The second-order valence-electron chi connectivity index (χ2n) is 5.01. The molecule has 0 saturated carbocycles. The molecule has 2 radical (unpaired) electrons. The lowest BCUT2D eigenvalue weighted by atomic mass is 9.86. The molecule has 0 aliphatic carbocycles. The highest BCUT2D eigenvalue weighted by molar-refractivity contribution is 6.39. The zero-order chi connectivity index (χ0) is 14.4. The van der Waals surface area contributed by atoms with Crippen LogP contribution < -0.4 is 5.46 Å². The van der Waals surface area contributed by atoms with E-state index in [9.17, 15) is 0 Å². The molecule has 0 bridgehead atoms. The summed E-state index contributed by atoms with van der Waals surface area (Å²) in [6.45, 7) is 0. The molecule has 0 spiro atoms.